The van der Waals surface area contributed by atoms with Crippen molar-refractivity contribution in [3.63, 3.8) is 0 Å². The van der Waals surface area contributed by atoms with E-state index in [1.807, 2.05) is 6.20 Å². The van der Waals surface area contributed by atoms with Gasteiger partial charge in [0.15, 0.2) is 0 Å². The van der Waals surface area contributed by atoms with Crippen LogP contribution >= 0.6 is 0 Å². The van der Waals surface area contributed by atoms with E-state index in [2.05, 4.69) is 39.2 Å². The van der Waals surface area contributed by atoms with Crippen molar-refractivity contribution in [1.29, 1.82) is 0 Å². The molecule has 1 atom stereocenters. The van der Waals surface area contributed by atoms with Crippen molar-refractivity contribution in [2.75, 3.05) is 51.3 Å². The summed E-state index contributed by atoms with van der Waals surface area (Å²) in [7, 11) is 0. The summed E-state index contributed by atoms with van der Waals surface area (Å²) in [5, 5.41) is 3.28. The number of likely N-dealkylation sites (tertiary alicyclic amines) is 1. The summed E-state index contributed by atoms with van der Waals surface area (Å²) in [4.78, 5) is 9.50. The minimum atomic E-state index is 0.712. The highest BCUT2D eigenvalue weighted by atomic mass is 16.5. The van der Waals surface area contributed by atoms with Crippen molar-refractivity contribution in [1.82, 2.24) is 14.8 Å². The van der Waals surface area contributed by atoms with Crippen LogP contribution in [-0.4, -0.2) is 66.8 Å². The molecule has 2 fully saturated rings. The highest BCUT2D eigenvalue weighted by molar-refractivity contribution is 5.37. The zero-order valence-electron chi connectivity index (χ0n) is 12.9. The first-order chi connectivity index (χ1) is 10.3. The molecule has 0 saturated carbocycles. The summed E-state index contributed by atoms with van der Waals surface area (Å²) in [5.41, 5.74) is 1.35. The van der Waals surface area contributed by atoms with Gasteiger partial charge in [0.05, 0.1) is 13.2 Å². The molecule has 3 heterocycles. The molecule has 1 N–H and O–H groups in total. The average molecular weight is 290 g/mol. The van der Waals surface area contributed by atoms with Gasteiger partial charge in [-0.2, -0.15) is 0 Å². The van der Waals surface area contributed by atoms with E-state index in [4.69, 9.17) is 4.74 Å². The van der Waals surface area contributed by atoms with Gasteiger partial charge in [0.1, 0.15) is 5.82 Å². The van der Waals surface area contributed by atoms with E-state index in [0.29, 0.717) is 6.04 Å². The van der Waals surface area contributed by atoms with Gasteiger partial charge in [-0.1, -0.05) is 0 Å². The summed E-state index contributed by atoms with van der Waals surface area (Å²) >= 11 is 0. The van der Waals surface area contributed by atoms with Gasteiger partial charge in [-0.15, -0.1) is 0 Å². The number of rotatable bonds is 5. The second-order valence-corrected chi connectivity index (χ2v) is 5.91. The first kappa shape index (κ1) is 14.8. The maximum Gasteiger partial charge on any atom is 0.126 e. The van der Waals surface area contributed by atoms with E-state index in [9.17, 15) is 0 Å². The SMILES string of the molecule is CCNc1cc(CN2CCC(N3CCOCC3)C2)ccn1. The molecule has 116 valence electrons. The predicted octanol–water partition coefficient (Wildman–Crippen LogP) is 1.42. The largest absolute Gasteiger partial charge is 0.379 e. The van der Waals surface area contributed by atoms with E-state index in [1.54, 1.807) is 0 Å². The minimum Gasteiger partial charge on any atom is -0.379 e. The molecule has 0 amide bonds. The smallest absolute Gasteiger partial charge is 0.126 e. The van der Waals surface area contributed by atoms with Gasteiger partial charge in [0.2, 0.25) is 0 Å². The topological polar surface area (TPSA) is 40.6 Å². The maximum absolute atomic E-state index is 5.45. The monoisotopic (exact) mass is 290 g/mol. The van der Waals surface area contributed by atoms with Crippen LogP contribution in [0.5, 0.6) is 0 Å². The Bertz CT molecular complexity index is 448. The van der Waals surface area contributed by atoms with Crippen LogP contribution < -0.4 is 5.32 Å². The fourth-order valence-electron chi connectivity index (χ4n) is 3.31. The lowest BCUT2D eigenvalue weighted by Gasteiger charge is -2.32. The third-order valence-electron chi connectivity index (χ3n) is 4.40. The number of ether oxygens (including phenoxy) is 1. The molecule has 2 aliphatic heterocycles. The fourth-order valence-corrected chi connectivity index (χ4v) is 3.31. The Morgan fingerprint density at radius 1 is 1.33 bits per heavy atom. The third kappa shape index (κ3) is 3.93. The van der Waals surface area contributed by atoms with Crippen molar-refractivity contribution in [2.24, 2.45) is 0 Å². The van der Waals surface area contributed by atoms with Crippen LogP contribution in [0, 0.1) is 0 Å². The standard InChI is InChI=1S/C16H26N4O/c1-2-17-16-11-14(3-5-18-16)12-19-6-4-15(13-19)20-7-9-21-10-8-20/h3,5,11,15H,2,4,6-10,12-13H2,1H3,(H,17,18). The molecular weight excluding hydrogens is 264 g/mol. The second-order valence-electron chi connectivity index (χ2n) is 5.91. The van der Waals surface area contributed by atoms with Gasteiger partial charge in [0, 0.05) is 51.5 Å². The highest BCUT2D eigenvalue weighted by Crippen LogP contribution is 2.19. The Kier molecular flexibility index (Phi) is 5.06. The average Bonchev–Trinajstić information content (AvgIpc) is 2.97. The molecule has 5 nitrogen and oxygen atoms in total. The Morgan fingerprint density at radius 3 is 3.00 bits per heavy atom. The molecule has 0 aliphatic carbocycles. The molecule has 3 rings (SSSR count). The van der Waals surface area contributed by atoms with Crippen LogP contribution in [0.15, 0.2) is 18.3 Å². The Morgan fingerprint density at radius 2 is 2.19 bits per heavy atom. The normalized spacial score (nSPS) is 24.3. The molecule has 1 unspecified atom stereocenters. The van der Waals surface area contributed by atoms with Gasteiger partial charge < -0.3 is 10.1 Å². The molecule has 2 saturated heterocycles. The molecule has 1 aromatic rings. The number of hydrogen-bond acceptors (Lipinski definition) is 5. The highest BCUT2D eigenvalue weighted by Gasteiger charge is 2.28. The van der Waals surface area contributed by atoms with Gasteiger partial charge in [-0.05, 0) is 31.0 Å². The summed E-state index contributed by atoms with van der Waals surface area (Å²) in [6.07, 6.45) is 3.19. The van der Waals surface area contributed by atoms with Crippen LogP contribution in [0.25, 0.3) is 0 Å². The Labute approximate surface area is 127 Å². The van der Waals surface area contributed by atoms with E-state index in [1.165, 1.54) is 25.1 Å². The summed E-state index contributed by atoms with van der Waals surface area (Å²) in [5.74, 6) is 0.985. The van der Waals surface area contributed by atoms with Gasteiger partial charge in [-0.3, -0.25) is 9.80 Å². The molecular formula is C16H26N4O. The van der Waals surface area contributed by atoms with E-state index in [0.717, 1.165) is 45.2 Å². The van der Waals surface area contributed by atoms with Gasteiger partial charge in [0.25, 0.3) is 0 Å². The molecule has 0 aromatic carbocycles. The van der Waals surface area contributed by atoms with Crippen molar-refractivity contribution < 1.29 is 4.74 Å². The lowest BCUT2D eigenvalue weighted by atomic mass is 10.2. The number of pyridine rings is 1. The molecule has 2 aliphatic rings. The first-order valence-corrected chi connectivity index (χ1v) is 8.08. The Balaban J connectivity index is 1.53. The van der Waals surface area contributed by atoms with Crippen LogP contribution in [0.4, 0.5) is 5.82 Å². The number of nitrogens with zero attached hydrogens (tertiary/aromatic N) is 3. The van der Waals surface area contributed by atoms with E-state index in [-0.39, 0.29) is 0 Å². The summed E-state index contributed by atoms with van der Waals surface area (Å²) < 4.78 is 5.45. The first-order valence-electron chi connectivity index (χ1n) is 8.08. The minimum absolute atomic E-state index is 0.712. The van der Waals surface area contributed by atoms with Gasteiger partial charge >= 0.3 is 0 Å². The zero-order valence-corrected chi connectivity index (χ0v) is 12.9. The number of morpholine rings is 1. The van der Waals surface area contributed by atoms with E-state index < -0.39 is 0 Å². The third-order valence-corrected chi connectivity index (χ3v) is 4.40. The number of aromatic nitrogens is 1. The van der Waals surface area contributed by atoms with Crippen LogP contribution in [0.3, 0.4) is 0 Å². The second kappa shape index (κ2) is 7.20. The van der Waals surface area contributed by atoms with Crippen LogP contribution in [0.2, 0.25) is 0 Å². The quantitative estimate of drug-likeness (QED) is 0.888. The summed E-state index contributed by atoms with van der Waals surface area (Å²) in [6.45, 7) is 10.4. The van der Waals surface area contributed by atoms with Crippen molar-refractivity contribution in [2.45, 2.75) is 25.9 Å². The van der Waals surface area contributed by atoms with Crippen molar-refractivity contribution in [3.05, 3.63) is 23.9 Å². The lowest BCUT2D eigenvalue weighted by molar-refractivity contribution is 0.0184. The maximum atomic E-state index is 5.45. The molecule has 0 bridgehead atoms. The summed E-state index contributed by atoms with van der Waals surface area (Å²) in [6, 6.07) is 5.01. The number of anilines is 1. The zero-order chi connectivity index (χ0) is 14.5. The number of nitrogens with one attached hydrogen (secondary N) is 1. The molecule has 0 radical (unpaired) electrons. The van der Waals surface area contributed by atoms with Crippen molar-refractivity contribution >= 4 is 5.82 Å². The van der Waals surface area contributed by atoms with E-state index >= 15 is 0 Å². The van der Waals surface area contributed by atoms with Crippen LogP contribution in [0.1, 0.15) is 18.9 Å². The van der Waals surface area contributed by atoms with Gasteiger partial charge in [-0.25, -0.2) is 4.98 Å². The fraction of sp³-hybridized carbons (Fsp3) is 0.688. The number of hydrogen-bond donors (Lipinski definition) is 1. The predicted molar refractivity (Wildman–Crippen MR) is 84.5 cm³/mol. The molecule has 21 heavy (non-hydrogen) atoms. The Hall–Kier alpha value is -1.17. The lowest BCUT2D eigenvalue weighted by Crippen LogP contribution is -2.44. The van der Waals surface area contributed by atoms with Crippen LogP contribution in [-0.2, 0) is 11.3 Å². The van der Waals surface area contributed by atoms with Crippen molar-refractivity contribution in [3.8, 4) is 0 Å². The molecule has 0 spiro atoms. The molecule has 5 heteroatoms. The molecule has 1 aromatic heterocycles.